The van der Waals surface area contributed by atoms with Gasteiger partial charge in [-0.15, -0.1) is 0 Å². The van der Waals surface area contributed by atoms with Gasteiger partial charge in [0.2, 0.25) is 11.4 Å². The molecule has 0 aromatic carbocycles. The maximum absolute atomic E-state index is 12.4. The Morgan fingerprint density at radius 1 is 0.885 bits per heavy atom. The molecule has 0 unspecified atom stereocenters. The van der Waals surface area contributed by atoms with Crippen LogP contribution in [-0.4, -0.2) is 60.7 Å². The van der Waals surface area contributed by atoms with Gasteiger partial charge in [-0.05, 0) is 39.4 Å². The second-order valence-electron chi connectivity index (χ2n) is 5.30. The van der Waals surface area contributed by atoms with E-state index in [2.05, 4.69) is 5.32 Å². The molecule has 0 aliphatic rings. The Hall–Kier alpha value is -1.77. The van der Waals surface area contributed by atoms with Gasteiger partial charge >= 0.3 is 17.9 Å². The standard InChI is InChI=1S/C17H29NO7S/c1-5-23-14(20)9-12-26-11-8-10-17(18-13(4)19,15(21)24-6-2)16(22)25-7-3/h5-12H2,1-4H3,(H,18,19). The summed E-state index contributed by atoms with van der Waals surface area (Å²) in [5.41, 5.74) is -1.85. The van der Waals surface area contributed by atoms with Crippen LogP contribution in [0.15, 0.2) is 0 Å². The van der Waals surface area contributed by atoms with Crippen LogP contribution >= 0.6 is 11.8 Å². The number of hydrogen-bond donors (Lipinski definition) is 1. The Morgan fingerprint density at radius 2 is 1.42 bits per heavy atom. The lowest BCUT2D eigenvalue weighted by Gasteiger charge is -2.29. The van der Waals surface area contributed by atoms with Crippen molar-refractivity contribution < 1.29 is 33.4 Å². The van der Waals surface area contributed by atoms with Gasteiger partial charge in [0, 0.05) is 12.7 Å². The molecule has 0 aromatic heterocycles. The van der Waals surface area contributed by atoms with Gasteiger partial charge in [-0.2, -0.15) is 11.8 Å². The van der Waals surface area contributed by atoms with Crippen molar-refractivity contribution in [3.8, 4) is 0 Å². The molecule has 0 aromatic rings. The third-order valence-corrected chi connectivity index (χ3v) is 4.30. The second kappa shape index (κ2) is 13.4. The maximum Gasteiger partial charge on any atom is 0.343 e. The summed E-state index contributed by atoms with van der Waals surface area (Å²) in [7, 11) is 0. The molecule has 0 atom stereocenters. The van der Waals surface area contributed by atoms with Crippen molar-refractivity contribution in [1.29, 1.82) is 0 Å². The summed E-state index contributed by atoms with van der Waals surface area (Å²) in [6.45, 7) is 6.71. The van der Waals surface area contributed by atoms with Crippen LogP contribution in [0.3, 0.4) is 0 Å². The Balaban J connectivity index is 4.83. The fourth-order valence-corrected chi connectivity index (χ4v) is 3.05. The van der Waals surface area contributed by atoms with Crippen molar-refractivity contribution >= 4 is 35.6 Å². The van der Waals surface area contributed by atoms with Gasteiger partial charge in [0.1, 0.15) is 0 Å². The van der Waals surface area contributed by atoms with Crippen molar-refractivity contribution in [3.05, 3.63) is 0 Å². The minimum absolute atomic E-state index is 0.0522. The van der Waals surface area contributed by atoms with Gasteiger partial charge in [0.25, 0.3) is 0 Å². The first kappa shape index (κ1) is 24.2. The number of ether oxygens (including phenoxy) is 3. The molecule has 0 bridgehead atoms. The lowest BCUT2D eigenvalue weighted by molar-refractivity contribution is -0.168. The van der Waals surface area contributed by atoms with E-state index in [0.717, 1.165) is 0 Å². The normalized spacial score (nSPS) is 10.8. The molecule has 0 spiro atoms. The minimum atomic E-state index is -1.85. The minimum Gasteiger partial charge on any atom is -0.466 e. The maximum atomic E-state index is 12.4. The molecule has 1 N–H and O–H groups in total. The molecule has 9 heteroatoms. The predicted molar refractivity (Wildman–Crippen MR) is 97.6 cm³/mol. The molecule has 0 radical (unpaired) electrons. The molecule has 0 heterocycles. The topological polar surface area (TPSA) is 108 Å². The molecule has 0 saturated heterocycles. The van der Waals surface area contributed by atoms with Crippen molar-refractivity contribution in [2.45, 2.75) is 52.5 Å². The summed E-state index contributed by atoms with van der Waals surface area (Å²) < 4.78 is 14.8. The first-order valence-electron chi connectivity index (χ1n) is 8.70. The Labute approximate surface area is 158 Å². The largest absolute Gasteiger partial charge is 0.466 e. The van der Waals surface area contributed by atoms with E-state index in [1.54, 1.807) is 20.8 Å². The number of amides is 1. The Morgan fingerprint density at radius 3 is 1.88 bits per heavy atom. The van der Waals surface area contributed by atoms with E-state index in [1.165, 1.54) is 18.7 Å². The van der Waals surface area contributed by atoms with E-state index in [-0.39, 0.29) is 25.6 Å². The van der Waals surface area contributed by atoms with Crippen LogP contribution in [0.1, 0.15) is 47.0 Å². The molecule has 0 fully saturated rings. The van der Waals surface area contributed by atoms with Crippen LogP contribution < -0.4 is 5.32 Å². The number of rotatable bonds is 13. The summed E-state index contributed by atoms with van der Waals surface area (Å²) in [5, 5.41) is 2.42. The average Bonchev–Trinajstić information content (AvgIpc) is 2.57. The molecule has 0 aliphatic heterocycles. The lowest BCUT2D eigenvalue weighted by Crippen LogP contribution is -2.61. The van der Waals surface area contributed by atoms with Gasteiger partial charge in [-0.25, -0.2) is 9.59 Å². The summed E-state index contributed by atoms with van der Waals surface area (Å²) >= 11 is 1.50. The van der Waals surface area contributed by atoms with Crippen LogP contribution in [0.4, 0.5) is 0 Å². The number of nitrogens with one attached hydrogen (secondary N) is 1. The Kier molecular flexibility index (Phi) is 12.5. The van der Waals surface area contributed by atoms with Crippen molar-refractivity contribution in [2.75, 3.05) is 31.3 Å². The zero-order valence-corrected chi connectivity index (χ0v) is 16.7. The van der Waals surface area contributed by atoms with E-state index in [1.807, 2.05) is 0 Å². The van der Waals surface area contributed by atoms with Crippen LogP contribution in [0.25, 0.3) is 0 Å². The summed E-state index contributed by atoms with van der Waals surface area (Å²) in [4.78, 5) is 47.6. The van der Waals surface area contributed by atoms with Crippen LogP contribution in [0.5, 0.6) is 0 Å². The highest BCUT2D eigenvalue weighted by molar-refractivity contribution is 7.99. The number of carbonyl (C=O) groups is 4. The van der Waals surface area contributed by atoms with Gasteiger partial charge in [0.15, 0.2) is 0 Å². The molecule has 26 heavy (non-hydrogen) atoms. The highest BCUT2D eigenvalue weighted by Crippen LogP contribution is 2.20. The van der Waals surface area contributed by atoms with Gasteiger partial charge < -0.3 is 19.5 Å². The fourth-order valence-electron chi connectivity index (χ4n) is 2.19. The molecule has 0 aliphatic carbocycles. The van der Waals surface area contributed by atoms with E-state index in [9.17, 15) is 19.2 Å². The van der Waals surface area contributed by atoms with Crippen molar-refractivity contribution in [3.63, 3.8) is 0 Å². The first-order chi connectivity index (χ1) is 12.3. The third kappa shape index (κ3) is 8.55. The van der Waals surface area contributed by atoms with E-state index < -0.39 is 23.4 Å². The summed E-state index contributed by atoms with van der Waals surface area (Å²) in [6.07, 6.45) is 0.799. The van der Waals surface area contributed by atoms with Crippen LogP contribution in [0, 0.1) is 0 Å². The lowest BCUT2D eigenvalue weighted by atomic mass is 9.93. The molecule has 1 amide bonds. The average molecular weight is 391 g/mol. The van der Waals surface area contributed by atoms with E-state index in [0.29, 0.717) is 31.0 Å². The number of thioether (sulfide) groups is 1. The smallest absolute Gasteiger partial charge is 0.343 e. The molecule has 0 saturated carbocycles. The number of esters is 3. The highest BCUT2D eigenvalue weighted by atomic mass is 32.2. The first-order valence-corrected chi connectivity index (χ1v) is 9.86. The summed E-state index contributed by atoms with van der Waals surface area (Å²) in [5.74, 6) is -1.27. The van der Waals surface area contributed by atoms with E-state index in [4.69, 9.17) is 14.2 Å². The van der Waals surface area contributed by atoms with Gasteiger partial charge in [-0.1, -0.05) is 0 Å². The van der Waals surface area contributed by atoms with E-state index >= 15 is 0 Å². The van der Waals surface area contributed by atoms with Crippen LogP contribution in [0.2, 0.25) is 0 Å². The van der Waals surface area contributed by atoms with Crippen molar-refractivity contribution in [1.82, 2.24) is 5.32 Å². The summed E-state index contributed by atoms with van der Waals surface area (Å²) in [6, 6.07) is 0. The number of carbonyl (C=O) groups excluding carboxylic acids is 4. The zero-order valence-electron chi connectivity index (χ0n) is 15.9. The van der Waals surface area contributed by atoms with Crippen molar-refractivity contribution in [2.24, 2.45) is 0 Å². The fraction of sp³-hybridized carbons (Fsp3) is 0.765. The van der Waals surface area contributed by atoms with Crippen LogP contribution in [-0.2, 0) is 33.4 Å². The zero-order chi connectivity index (χ0) is 20.0. The molecular weight excluding hydrogens is 362 g/mol. The molecule has 0 rings (SSSR count). The predicted octanol–water partition coefficient (Wildman–Crippen LogP) is 1.45. The molecular formula is C17H29NO7S. The highest BCUT2D eigenvalue weighted by Gasteiger charge is 2.49. The van der Waals surface area contributed by atoms with Gasteiger partial charge in [0.05, 0.1) is 26.2 Å². The molecule has 8 nitrogen and oxygen atoms in total. The monoisotopic (exact) mass is 391 g/mol. The quantitative estimate of drug-likeness (QED) is 0.218. The third-order valence-electron chi connectivity index (χ3n) is 3.23. The molecule has 150 valence electrons. The number of hydrogen-bond acceptors (Lipinski definition) is 8. The Bertz CT molecular complexity index is 464. The van der Waals surface area contributed by atoms with Gasteiger partial charge in [-0.3, -0.25) is 9.59 Å². The second-order valence-corrected chi connectivity index (χ2v) is 6.52. The SMILES string of the molecule is CCOC(=O)CCSCCCC(NC(C)=O)(C(=O)OCC)C(=O)OCC.